The first-order valence-corrected chi connectivity index (χ1v) is 7.48. The predicted molar refractivity (Wildman–Crippen MR) is 82.5 cm³/mol. The van der Waals surface area contributed by atoms with E-state index >= 15 is 0 Å². The SMILES string of the molecule is C[C@@H]1CC(=O)C2=C(C1)OC(N)=C(C#N)[C@H]2c1cccc(Cl)c1. The fourth-order valence-corrected chi connectivity index (χ4v) is 3.31. The maximum Gasteiger partial charge on any atom is 0.205 e. The van der Waals surface area contributed by atoms with Crippen molar-refractivity contribution in [1.29, 1.82) is 5.26 Å². The standard InChI is InChI=1S/C17H15ClN2O2/c1-9-5-13(21)16-14(6-9)22-17(20)12(8-19)15(16)10-3-2-4-11(18)7-10/h2-4,7,9,15H,5-6,20H2,1H3/t9-,15-/m1/s1. The number of benzene rings is 1. The van der Waals surface area contributed by atoms with E-state index in [1.54, 1.807) is 18.2 Å². The molecule has 5 heteroatoms. The number of Topliss-reactive ketones (excluding diaryl/α,β-unsaturated/α-hetero) is 1. The van der Waals surface area contributed by atoms with Crippen LogP contribution in [0.4, 0.5) is 0 Å². The summed E-state index contributed by atoms with van der Waals surface area (Å²) in [6.07, 6.45) is 1.11. The Morgan fingerprint density at radius 2 is 2.18 bits per heavy atom. The molecule has 0 spiro atoms. The number of nitrogens with zero attached hydrogens (tertiary/aromatic N) is 1. The molecule has 0 bridgehead atoms. The predicted octanol–water partition coefficient (Wildman–Crippen LogP) is 3.40. The van der Waals surface area contributed by atoms with Gasteiger partial charge in [0.25, 0.3) is 0 Å². The van der Waals surface area contributed by atoms with Crippen molar-refractivity contribution in [3.05, 3.63) is 57.6 Å². The Hall–Kier alpha value is -2.25. The average molecular weight is 315 g/mol. The molecule has 2 aliphatic rings. The van der Waals surface area contributed by atoms with Crippen molar-refractivity contribution in [1.82, 2.24) is 0 Å². The molecule has 0 fully saturated rings. The van der Waals surface area contributed by atoms with Crippen LogP contribution in [0.15, 0.2) is 47.1 Å². The third-order valence-corrected chi connectivity index (χ3v) is 4.28. The second-order valence-electron chi connectivity index (χ2n) is 5.75. The van der Waals surface area contributed by atoms with Gasteiger partial charge >= 0.3 is 0 Å². The lowest BCUT2D eigenvalue weighted by Crippen LogP contribution is -2.29. The molecule has 1 aromatic rings. The smallest absolute Gasteiger partial charge is 0.205 e. The van der Waals surface area contributed by atoms with Crippen molar-refractivity contribution in [2.24, 2.45) is 11.7 Å². The van der Waals surface area contributed by atoms with Gasteiger partial charge in [0.2, 0.25) is 5.88 Å². The minimum atomic E-state index is -0.493. The maximum atomic E-state index is 12.5. The number of carbonyl (C=O) groups is 1. The van der Waals surface area contributed by atoms with Crippen LogP contribution in [0.1, 0.15) is 31.2 Å². The number of halogens is 1. The van der Waals surface area contributed by atoms with Crippen molar-refractivity contribution >= 4 is 17.4 Å². The largest absolute Gasteiger partial charge is 0.444 e. The van der Waals surface area contributed by atoms with Crippen LogP contribution in [0.5, 0.6) is 0 Å². The number of hydrogen-bond acceptors (Lipinski definition) is 4. The lowest BCUT2D eigenvalue weighted by atomic mass is 9.75. The van der Waals surface area contributed by atoms with Gasteiger partial charge in [0.1, 0.15) is 17.4 Å². The Labute approximate surface area is 133 Å². The van der Waals surface area contributed by atoms with Crippen LogP contribution in [-0.2, 0) is 9.53 Å². The van der Waals surface area contributed by atoms with Crippen LogP contribution in [0.2, 0.25) is 5.02 Å². The first kappa shape index (κ1) is 14.7. The van der Waals surface area contributed by atoms with E-state index in [1.807, 2.05) is 13.0 Å². The molecule has 1 aliphatic heterocycles. The third kappa shape index (κ3) is 2.38. The Kier molecular flexibility index (Phi) is 3.67. The number of nitrogens with two attached hydrogens (primary N) is 1. The first-order chi connectivity index (χ1) is 10.5. The van der Waals surface area contributed by atoms with Gasteiger partial charge in [-0.05, 0) is 23.6 Å². The van der Waals surface area contributed by atoms with E-state index in [2.05, 4.69) is 6.07 Å². The van der Waals surface area contributed by atoms with E-state index < -0.39 is 5.92 Å². The van der Waals surface area contributed by atoms with Crippen molar-refractivity contribution in [2.45, 2.75) is 25.7 Å². The number of allylic oxidation sites excluding steroid dienone is 3. The number of carbonyl (C=O) groups excluding carboxylic acids is 1. The lowest BCUT2D eigenvalue weighted by Gasteiger charge is -2.33. The van der Waals surface area contributed by atoms with Gasteiger partial charge in [0, 0.05) is 23.4 Å². The van der Waals surface area contributed by atoms with Gasteiger partial charge in [-0.2, -0.15) is 5.26 Å². The van der Waals surface area contributed by atoms with Crippen molar-refractivity contribution in [2.75, 3.05) is 0 Å². The van der Waals surface area contributed by atoms with E-state index in [-0.39, 0.29) is 23.2 Å². The number of hydrogen-bond donors (Lipinski definition) is 1. The highest BCUT2D eigenvalue weighted by Crippen LogP contribution is 2.44. The minimum Gasteiger partial charge on any atom is -0.444 e. The van der Waals surface area contributed by atoms with Crippen LogP contribution < -0.4 is 5.73 Å². The summed E-state index contributed by atoms with van der Waals surface area (Å²) >= 11 is 6.06. The van der Waals surface area contributed by atoms with Crippen LogP contribution in [-0.4, -0.2) is 5.78 Å². The molecule has 0 radical (unpaired) electrons. The van der Waals surface area contributed by atoms with Gasteiger partial charge in [0.15, 0.2) is 5.78 Å². The van der Waals surface area contributed by atoms with Crippen molar-refractivity contribution < 1.29 is 9.53 Å². The highest BCUT2D eigenvalue weighted by Gasteiger charge is 2.39. The molecule has 4 nitrogen and oxygen atoms in total. The summed E-state index contributed by atoms with van der Waals surface area (Å²) in [4.78, 5) is 12.5. The number of ketones is 1. The fourth-order valence-electron chi connectivity index (χ4n) is 3.11. The number of rotatable bonds is 1. The van der Waals surface area contributed by atoms with Crippen LogP contribution in [0.3, 0.4) is 0 Å². The van der Waals surface area contributed by atoms with E-state index in [1.165, 1.54) is 0 Å². The topological polar surface area (TPSA) is 76.1 Å². The molecule has 0 saturated heterocycles. The quantitative estimate of drug-likeness (QED) is 0.862. The molecule has 22 heavy (non-hydrogen) atoms. The van der Waals surface area contributed by atoms with E-state index in [9.17, 15) is 10.1 Å². The Morgan fingerprint density at radius 3 is 2.86 bits per heavy atom. The molecule has 0 saturated carbocycles. The molecule has 0 amide bonds. The second-order valence-corrected chi connectivity index (χ2v) is 6.19. The van der Waals surface area contributed by atoms with Crippen LogP contribution in [0, 0.1) is 17.2 Å². The Balaban J connectivity index is 2.19. The normalized spacial score (nSPS) is 24.7. The zero-order chi connectivity index (χ0) is 15.9. The Morgan fingerprint density at radius 1 is 1.41 bits per heavy atom. The highest BCUT2D eigenvalue weighted by molar-refractivity contribution is 6.30. The zero-order valence-electron chi connectivity index (χ0n) is 12.1. The molecule has 0 aromatic heterocycles. The van der Waals surface area contributed by atoms with Gasteiger partial charge in [-0.1, -0.05) is 30.7 Å². The maximum absolute atomic E-state index is 12.5. The van der Waals surface area contributed by atoms with Crippen LogP contribution >= 0.6 is 11.6 Å². The van der Waals surface area contributed by atoms with Gasteiger partial charge in [-0.3, -0.25) is 4.79 Å². The lowest BCUT2D eigenvalue weighted by molar-refractivity contribution is -0.117. The molecule has 1 aliphatic carbocycles. The zero-order valence-corrected chi connectivity index (χ0v) is 12.9. The molecule has 2 atom stereocenters. The fraction of sp³-hybridized carbons (Fsp3) is 0.294. The van der Waals surface area contributed by atoms with E-state index in [4.69, 9.17) is 22.1 Å². The summed E-state index contributed by atoms with van der Waals surface area (Å²) in [6.45, 7) is 2.00. The monoisotopic (exact) mass is 314 g/mol. The van der Waals surface area contributed by atoms with Gasteiger partial charge in [0.05, 0.1) is 5.92 Å². The van der Waals surface area contributed by atoms with Crippen molar-refractivity contribution in [3.8, 4) is 6.07 Å². The molecular weight excluding hydrogens is 300 g/mol. The molecule has 0 unspecified atom stereocenters. The van der Waals surface area contributed by atoms with Crippen molar-refractivity contribution in [3.63, 3.8) is 0 Å². The van der Waals surface area contributed by atoms with Gasteiger partial charge in [-0.25, -0.2) is 0 Å². The van der Waals surface area contributed by atoms with Gasteiger partial charge in [-0.15, -0.1) is 0 Å². The van der Waals surface area contributed by atoms with Gasteiger partial charge < -0.3 is 10.5 Å². The summed E-state index contributed by atoms with van der Waals surface area (Å²) in [6, 6.07) is 9.25. The van der Waals surface area contributed by atoms with Crippen LogP contribution in [0.25, 0.3) is 0 Å². The highest BCUT2D eigenvalue weighted by atomic mass is 35.5. The second kappa shape index (κ2) is 5.51. The minimum absolute atomic E-state index is 0.0129. The first-order valence-electron chi connectivity index (χ1n) is 7.10. The van der Waals surface area contributed by atoms with E-state index in [0.29, 0.717) is 29.2 Å². The summed E-state index contributed by atoms with van der Waals surface area (Å²) < 4.78 is 5.58. The van der Waals surface area contributed by atoms with E-state index in [0.717, 1.165) is 5.56 Å². The summed E-state index contributed by atoms with van der Waals surface area (Å²) in [7, 11) is 0. The average Bonchev–Trinajstić information content (AvgIpc) is 2.45. The number of nitriles is 1. The molecule has 1 aromatic carbocycles. The Bertz CT molecular complexity index is 758. The molecular formula is C17H15ClN2O2. The summed E-state index contributed by atoms with van der Waals surface area (Å²) in [5.41, 5.74) is 7.51. The molecule has 2 N–H and O–H groups in total. The molecule has 1 heterocycles. The molecule has 3 rings (SSSR count). The molecule has 112 valence electrons. The summed E-state index contributed by atoms with van der Waals surface area (Å²) in [5.74, 6) is 0.396. The third-order valence-electron chi connectivity index (χ3n) is 4.05. The number of ether oxygens (including phenoxy) is 1. The summed E-state index contributed by atoms with van der Waals surface area (Å²) in [5, 5.41) is 10.0.